The van der Waals surface area contributed by atoms with E-state index in [1.54, 1.807) is 60.7 Å². The Labute approximate surface area is 326 Å². The summed E-state index contributed by atoms with van der Waals surface area (Å²) in [7, 11) is -3.77. The standard InChI is InChI=1S/C48H50O6S/c1-33(2)52-40-21-11-35(12-22-40)47(5,6)36-13-23-41(24-14-36)53-42-27-31-45(32-28-42)55(50,51)44-29-17-38(18-30-44)48(7,8)54-43-25-15-37(16-26-43)46(3,4)34-9-19-39(49)20-10-34/h9-33,49H,1-8H3. The summed E-state index contributed by atoms with van der Waals surface area (Å²) >= 11 is 0. The Hall–Kier alpha value is -5.53. The summed E-state index contributed by atoms with van der Waals surface area (Å²) < 4.78 is 45.5. The molecule has 0 radical (unpaired) electrons. The van der Waals surface area contributed by atoms with E-state index in [0.717, 1.165) is 28.0 Å². The molecule has 0 aliphatic carbocycles. The van der Waals surface area contributed by atoms with Gasteiger partial charge >= 0.3 is 0 Å². The lowest BCUT2D eigenvalue weighted by Gasteiger charge is -2.29. The number of aromatic hydroxyl groups is 1. The van der Waals surface area contributed by atoms with Gasteiger partial charge in [0.15, 0.2) is 0 Å². The van der Waals surface area contributed by atoms with Crippen LogP contribution in [0.5, 0.6) is 28.7 Å². The molecular formula is C48H50O6S. The maximum Gasteiger partial charge on any atom is 0.206 e. The van der Waals surface area contributed by atoms with Gasteiger partial charge in [-0.25, -0.2) is 8.42 Å². The van der Waals surface area contributed by atoms with Gasteiger partial charge in [0.1, 0.15) is 34.3 Å². The Morgan fingerprint density at radius 2 is 0.782 bits per heavy atom. The molecule has 284 valence electrons. The summed E-state index contributed by atoms with van der Waals surface area (Å²) in [5.41, 5.74) is 4.14. The first-order chi connectivity index (χ1) is 25.9. The summed E-state index contributed by atoms with van der Waals surface area (Å²) in [4.78, 5) is 0.377. The second kappa shape index (κ2) is 15.3. The molecule has 0 heterocycles. The van der Waals surface area contributed by atoms with Crippen molar-refractivity contribution < 1.29 is 27.7 Å². The van der Waals surface area contributed by atoms with Crippen LogP contribution in [0.1, 0.15) is 83.2 Å². The number of hydrogen-bond acceptors (Lipinski definition) is 6. The monoisotopic (exact) mass is 754 g/mol. The molecule has 0 amide bonds. The van der Waals surface area contributed by atoms with Crippen LogP contribution in [0.25, 0.3) is 0 Å². The van der Waals surface area contributed by atoms with E-state index in [1.807, 2.05) is 88.4 Å². The predicted octanol–water partition coefficient (Wildman–Crippen LogP) is 11.8. The minimum absolute atomic E-state index is 0.124. The molecule has 6 nitrogen and oxygen atoms in total. The fourth-order valence-electron chi connectivity index (χ4n) is 6.66. The van der Waals surface area contributed by atoms with Crippen molar-refractivity contribution in [2.45, 2.75) is 87.7 Å². The number of hydrogen-bond donors (Lipinski definition) is 1. The van der Waals surface area contributed by atoms with Gasteiger partial charge in [-0.1, -0.05) is 88.4 Å². The molecule has 55 heavy (non-hydrogen) atoms. The summed E-state index contributed by atoms with van der Waals surface area (Å²) in [5, 5.41) is 9.70. The maximum atomic E-state index is 13.6. The average Bonchev–Trinajstić information content (AvgIpc) is 3.15. The third kappa shape index (κ3) is 8.73. The van der Waals surface area contributed by atoms with E-state index in [9.17, 15) is 13.5 Å². The van der Waals surface area contributed by atoms with E-state index in [1.165, 1.54) is 5.56 Å². The zero-order valence-corrected chi connectivity index (χ0v) is 33.6. The lowest BCUT2D eigenvalue weighted by Crippen LogP contribution is -2.25. The van der Waals surface area contributed by atoms with Crippen molar-refractivity contribution in [3.05, 3.63) is 173 Å². The van der Waals surface area contributed by atoms with Crippen molar-refractivity contribution in [2.24, 2.45) is 0 Å². The first-order valence-electron chi connectivity index (χ1n) is 18.6. The zero-order chi connectivity index (χ0) is 39.6. The van der Waals surface area contributed by atoms with Crippen LogP contribution in [0.4, 0.5) is 0 Å². The van der Waals surface area contributed by atoms with Gasteiger partial charge in [0.25, 0.3) is 0 Å². The summed E-state index contributed by atoms with van der Waals surface area (Å²) in [6.07, 6.45) is 0.124. The van der Waals surface area contributed by atoms with Gasteiger partial charge < -0.3 is 19.3 Å². The fourth-order valence-corrected chi connectivity index (χ4v) is 7.92. The minimum atomic E-state index is -3.77. The van der Waals surface area contributed by atoms with Crippen molar-refractivity contribution in [2.75, 3.05) is 0 Å². The summed E-state index contributed by atoms with van der Waals surface area (Å²) in [6.45, 7) is 16.6. The van der Waals surface area contributed by atoms with Gasteiger partial charge in [0.05, 0.1) is 15.9 Å². The quantitative estimate of drug-likeness (QED) is 0.126. The number of phenols is 1. The molecule has 0 aliphatic rings. The minimum Gasteiger partial charge on any atom is -0.508 e. The summed E-state index contributed by atoms with van der Waals surface area (Å²) in [6, 6.07) is 44.8. The van der Waals surface area contributed by atoms with E-state index in [4.69, 9.17) is 14.2 Å². The molecule has 0 aliphatic heterocycles. The van der Waals surface area contributed by atoms with E-state index < -0.39 is 15.4 Å². The molecule has 6 aromatic rings. The lowest BCUT2D eigenvalue weighted by molar-refractivity contribution is 0.109. The fraction of sp³-hybridized carbons (Fsp3) is 0.250. The highest BCUT2D eigenvalue weighted by molar-refractivity contribution is 7.91. The smallest absolute Gasteiger partial charge is 0.206 e. The molecule has 6 rings (SSSR count). The first-order valence-corrected chi connectivity index (χ1v) is 20.0. The van der Waals surface area contributed by atoms with Crippen LogP contribution in [0.2, 0.25) is 0 Å². The molecule has 0 saturated carbocycles. The molecule has 0 spiro atoms. The van der Waals surface area contributed by atoms with Gasteiger partial charge in [0, 0.05) is 10.8 Å². The van der Waals surface area contributed by atoms with Gasteiger partial charge in [-0.15, -0.1) is 0 Å². The Balaban J connectivity index is 1.08. The number of ether oxygens (including phenoxy) is 3. The van der Waals surface area contributed by atoms with E-state index >= 15 is 0 Å². The number of rotatable bonds is 13. The Kier molecular flexibility index (Phi) is 10.9. The molecule has 0 saturated heterocycles. The Morgan fingerprint density at radius 1 is 0.455 bits per heavy atom. The molecule has 0 aromatic heterocycles. The molecule has 1 N–H and O–H groups in total. The van der Waals surface area contributed by atoms with Crippen LogP contribution in [0.15, 0.2) is 155 Å². The molecule has 0 unspecified atom stereocenters. The zero-order valence-electron chi connectivity index (χ0n) is 32.8. The molecule has 0 atom stereocenters. The predicted molar refractivity (Wildman–Crippen MR) is 220 cm³/mol. The van der Waals surface area contributed by atoms with Gasteiger partial charge in [0.2, 0.25) is 9.84 Å². The number of phenolic OH excluding ortho intramolecular Hbond substituents is 1. The number of sulfone groups is 1. The average molecular weight is 755 g/mol. The third-order valence-electron chi connectivity index (χ3n) is 10.3. The van der Waals surface area contributed by atoms with Crippen molar-refractivity contribution >= 4 is 9.84 Å². The first kappa shape index (κ1) is 39.2. The van der Waals surface area contributed by atoms with Crippen molar-refractivity contribution in [1.29, 1.82) is 0 Å². The number of benzene rings is 6. The van der Waals surface area contributed by atoms with Crippen LogP contribution in [0.3, 0.4) is 0 Å². The molecule has 6 aromatic carbocycles. The van der Waals surface area contributed by atoms with Crippen LogP contribution >= 0.6 is 0 Å². The normalized spacial score (nSPS) is 12.4. The Morgan fingerprint density at radius 3 is 1.20 bits per heavy atom. The highest BCUT2D eigenvalue weighted by Gasteiger charge is 2.27. The molecule has 7 heteroatoms. The van der Waals surface area contributed by atoms with Crippen LogP contribution < -0.4 is 14.2 Å². The van der Waals surface area contributed by atoms with Gasteiger partial charge in [-0.3, -0.25) is 0 Å². The van der Waals surface area contributed by atoms with Crippen molar-refractivity contribution in [3.63, 3.8) is 0 Å². The van der Waals surface area contributed by atoms with E-state index in [0.29, 0.717) is 17.2 Å². The SMILES string of the molecule is CC(C)Oc1ccc(C(C)(C)c2ccc(Oc3ccc(S(=O)(=O)c4ccc(C(C)(C)Oc5ccc(C(C)(C)c6ccc(O)cc6)cc5)cc4)cc3)cc2)cc1. The molecule has 0 bridgehead atoms. The highest BCUT2D eigenvalue weighted by Crippen LogP contribution is 2.37. The van der Waals surface area contributed by atoms with Crippen LogP contribution in [-0.4, -0.2) is 19.6 Å². The van der Waals surface area contributed by atoms with E-state index in [2.05, 4.69) is 52.0 Å². The molecule has 0 fully saturated rings. The van der Waals surface area contributed by atoms with Crippen molar-refractivity contribution in [1.82, 2.24) is 0 Å². The van der Waals surface area contributed by atoms with Crippen LogP contribution in [0, 0.1) is 0 Å². The maximum absolute atomic E-state index is 13.6. The summed E-state index contributed by atoms with van der Waals surface area (Å²) in [5.74, 6) is 2.99. The molecular weight excluding hydrogens is 705 g/mol. The Bertz CT molecular complexity index is 2300. The van der Waals surface area contributed by atoms with E-state index in [-0.39, 0.29) is 32.5 Å². The van der Waals surface area contributed by atoms with Crippen LogP contribution in [-0.2, 0) is 26.3 Å². The topological polar surface area (TPSA) is 82.1 Å². The van der Waals surface area contributed by atoms with Gasteiger partial charge in [-0.05, 0) is 140 Å². The van der Waals surface area contributed by atoms with Gasteiger partial charge in [-0.2, -0.15) is 0 Å². The largest absolute Gasteiger partial charge is 0.508 e. The highest BCUT2D eigenvalue weighted by atomic mass is 32.2. The van der Waals surface area contributed by atoms with Crippen molar-refractivity contribution in [3.8, 4) is 28.7 Å². The second-order valence-electron chi connectivity index (χ2n) is 15.8. The second-order valence-corrected chi connectivity index (χ2v) is 17.7. The third-order valence-corrected chi connectivity index (χ3v) is 12.1. The lowest BCUT2D eigenvalue weighted by atomic mass is 9.78.